The van der Waals surface area contributed by atoms with Crippen molar-refractivity contribution < 1.29 is 15.0 Å². The number of nitrogens with one attached hydrogen (secondary N) is 1. The Morgan fingerprint density at radius 1 is 1.21 bits per heavy atom. The van der Waals surface area contributed by atoms with Gasteiger partial charge in [0.15, 0.2) is 4.87 Å². The zero-order chi connectivity index (χ0) is 20.5. The zero-order valence-electron chi connectivity index (χ0n) is 15.6. The van der Waals surface area contributed by atoms with Gasteiger partial charge in [-0.3, -0.25) is 15.2 Å². The fourth-order valence-corrected chi connectivity index (χ4v) is 3.57. The molecule has 0 aliphatic carbocycles. The highest BCUT2D eigenvalue weighted by Crippen LogP contribution is 2.32. The minimum Gasteiger partial charge on any atom is -0.313 e. The van der Waals surface area contributed by atoms with E-state index in [4.69, 9.17) is 17.0 Å². The second kappa shape index (κ2) is 7.54. The Morgan fingerprint density at radius 3 is 2.72 bits per heavy atom. The number of nitroso groups, excluding NO2 is 1. The van der Waals surface area contributed by atoms with E-state index < -0.39 is 5.91 Å². The molecule has 3 aromatic rings. The number of fused-ring (bicyclic) bond motifs is 1. The van der Waals surface area contributed by atoms with Gasteiger partial charge in [-0.1, -0.05) is 23.7 Å². The van der Waals surface area contributed by atoms with Crippen LogP contribution in [-0.2, 0) is 0 Å². The molecule has 4 rings (SSSR count). The van der Waals surface area contributed by atoms with Crippen molar-refractivity contribution in [3.05, 3.63) is 81.9 Å². The summed E-state index contributed by atoms with van der Waals surface area (Å²) in [7, 11) is 0. The molecule has 144 valence electrons. The number of carbonyl (C=O) groups is 1. The lowest BCUT2D eigenvalue weighted by atomic mass is 10.0. The van der Waals surface area contributed by atoms with Gasteiger partial charge in [0.2, 0.25) is 5.84 Å². The molecule has 0 bridgehead atoms. The monoisotopic (exact) mass is 407 g/mol. The molecule has 8 heteroatoms. The summed E-state index contributed by atoms with van der Waals surface area (Å²) in [5, 5.41) is 11.9. The van der Waals surface area contributed by atoms with Gasteiger partial charge in [-0.15, -0.1) is 0 Å². The maximum absolute atomic E-state index is 12.8. The van der Waals surface area contributed by atoms with Gasteiger partial charge in [-0.2, -0.15) is 0 Å². The van der Waals surface area contributed by atoms with E-state index in [0.29, 0.717) is 26.7 Å². The molecule has 1 aliphatic rings. The Balaban J connectivity index is 1.80. The van der Waals surface area contributed by atoms with Gasteiger partial charge in [0, 0.05) is 23.9 Å². The largest absolute Gasteiger partial charge is 0.327 e. The number of para-hydroxylation sites is 1. The first-order valence-electron chi connectivity index (χ1n) is 9.10. The maximum Gasteiger partial charge on any atom is 0.327 e. The van der Waals surface area contributed by atoms with E-state index in [1.807, 2.05) is 24.4 Å². The quantitative estimate of drug-likeness (QED) is 0.300. The summed E-state index contributed by atoms with van der Waals surface area (Å²) in [6.45, 7) is 2.72. The summed E-state index contributed by atoms with van der Waals surface area (Å²) in [6.07, 6.45) is 1.64. The lowest BCUT2D eigenvalue weighted by molar-refractivity contribution is -0.585. The number of benzene rings is 2. The van der Waals surface area contributed by atoms with Crippen molar-refractivity contribution in [2.45, 2.75) is 6.92 Å². The number of aromatic nitrogens is 1. The predicted octanol–water partition coefficient (Wildman–Crippen LogP) is 3.42. The first kappa shape index (κ1) is 18.9. The fourth-order valence-electron chi connectivity index (χ4n) is 3.34. The average molecular weight is 408 g/mol. The lowest BCUT2D eigenvalue weighted by Gasteiger charge is -2.12. The summed E-state index contributed by atoms with van der Waals surface area (Å²) in [5.41, 5.74) is 2.98. The van der Waals surface area contributed by atoms with Crippen LogP contribution in [0.15, 0.2) is 60.8 Å². The number of halogens is 1. The highest BCUT2D eigenvalue weighted by Gasteiger charge is 2.48. The van der Waals surface area contributed by atoms with Crippen LogP contribution in [0.25, 0.3) is 11.3 Å². The standard InChI is InChI=1S/C21H17ClN5O2/c1-2-24-17-10-9-13(19-16(22)7-5-11-25-19)12-15(17)20(23)26-21(28)14-6-3-4-8-18(14)27(26)29/h3-12,23-24H,2H2,1H3/q+1/p+1. The van der Waals surface area contributed by atoms with Crippen LogP contribution in [0.5, 0.6) is 0 Å². The molecule has 1 aliphatic heterocycles. The van der Waals surface area contributed by atoms with Crippen LogP contribution >= 0.6 is 11.6 Å². The van der Waals surface area contributed by atoms with E-state index in [0.717, 1.165) is 17.2 Å². The van der Waals surface area contributed by atoms with E-state index in [-0.39, 0.29) is 17.1 Å². The zero-order valence-corrected chi connectivity index (χ0v) is 16.3. The van der Waals surface area contributed by atoms with Gasteiger partial charge in [-0.05, 0) is 42.3 Å². The van der Waals surface area contributed by atoms with Gasteiger partial charge in [0.25, 0.3) is 0 Å². The number of pyridine rings is 1. The average Bonchev–Trinajstić information content (AvgIpc) is 2.99. The number of carbonyl (C=O) groups excluding carboxylic acids is 1. The number of quaternary nitrogens is 1. The molecule has 0 spiro atoms. The van der Waals surface area contributed by atoms with Crippen molar-refractivity contribution in [3.63, 3.8) is 0 Å². The van der Waals surface area contributed by atoms with Crippen LogP contribution in [0.4, 0.5) is 11.4 Å². The minimum atomic E-state index is -0.524. The Kier molecular flexibility index (Phi) is 4.92. The summed E-state index contributed by atoms with van der Waals surface area (Å²) in [6, 6.07) is 15.4. The Bertz CT molecular complexity index is 1130. The second-order valence-electron chi connectivity index (χ2n) is 6.50. The molecule has 0 atom stereocenters. The molecule has 0 radical (unpaired) electrons. The van der Waals surface area contributed by atoms with Crippen molar-refractivity contribution in [2.24, 2.45) is 0 Å². The van der Waals surface area contributed by atoms with Gasteiger partial charge >= 0.3 is 11.6 Å². The van der Waals surface area contributed by atoms with Crippen LogP contribution in [-0.4, -0.2) is 33.1 Å². The van der Waals surface area contributed by atoms with Crippen LogP contribution in [0, 0.1) is 10.3 Å². The van der Waals surface area contributed by atoms with Crippen molar-refractivity contribution in [3.8, 4) is 11.3 Å². The lowest BCUT2D eigenvalue weighted by Crippen LogP contribution is -2.77. The number of amidine groups is 1. The summed E-state index contributed by atoms with van der Waals surface area (Å²) >= 11 is 6.28. The highest BCUT2D eigenvalue weighted by atomic mass is 35.5. The molecule has 29 heavy (non-hydrogen) atoms. The Morgan fingerprint density at radius 2 is 2.00 bits per heavy atom. The predicted molar refractivity (Wildman–Crippen MR) is 110 cm³/mol. The summed E-state index contributed by atoms with van der Waals surface area (Å²) in [4.78, 5) is 30.3. The summed E-state index contributed by atoms with van der Waals surface area (Å²) < 4.78 is 0. The molecular weight excluding hydrogens is 390 g/mol. The first-order valence-corrected chi connectivity index (χ1v) is 9.48. The number of hydrogen-bond donors (Lipinski definition) is 2. The highest BCUT2D eigenvalue weighted by molar-refractivity contribution is 6.33. The molecule has 2 aromatic carbocycles. The third-order valence-electron chi connectivity index (χ3n) is 4.69. The molecule has 0 saturated heterocycles. The molecular formula is C21H18ClN5O2+2. The van der Waals surface area contributed by atoms with Gasteiger partial charge < -0.3 is 5.32 Å². The first-order chi connectivity index (χ1) is 14.0. The third-order valence-corrected chi connectivity index (χ3v) is 5.00. The van der Waals surface area contributed by atoms with Crippen molar-refractivity contribution in [1.29, 1.82) is 5.41 Å². The fraction of sp³-hybridized carbons (Fsp3) is 0.0952. The molecule has 7 nitrogen and oxygen atoms in total. The molecule has 2 heterocycles. The number of amides is 1. The molecule has 0 unspecified atom stereocenters. The van der Waals surface area contributed by atoms with Crippen LogP contribution < -0.4 is 5.32 Å². The number of nitrogens with two attached hydrogens (primary N) is 1. The van der Waals surface area contributed by atoms with Crippen molar-refractivity contribution in [1.82, 2.24) is 9.99 Å². The van der Waals surface area contributed by atoms with Crippen molar-refractivity contribution >= 4 is 34.7 Å². The topological polar surface area (TPSA) is 93.7 Å². The molecule has 0 fully saturated rings. The van der Waals surface area contributed by atoms with E-state index >= 15 is 0 Å². The Labute approximate surface area is 172 Å². The third kappa shape index (κ3) is 3.20. The molecule has 3 N–H and O–H groups in total. The maximum atomic E-state index is 12.8. The molecule has 0 saturated carbocycles. The van der Waals surface area contributed by atoms with Crippen LogP contribution in [0.3, 0.4) is 0 Å². The van der Waals surface area contributed by atoms with E-state index in [9.17, 15) is 9.70 Å². The van der Waals surface area contributed by atoms with Crippen molar-refractivity contribution in [2.75, 3.05) is 6.54 Å². The number of hydrogen-bond acceptors (Lipinski definition) is 4. The van der Waals surface area contributed by atoms with Crippen LogP contribution in [0.1, 0.15) is 22.8 Å². The van der Waals surface area contributed by atoms with E-state index in [1.54, 1.807) is 48.7 Å². The molecule has 1 amide bonds. The SMILES string of the molecule is CC[NH2+]c1ccc(-c2ncccc2Cl)cc1C(=N)N1C(=O)c2ccccc2[N+]1=O. The van der Waals surface area contributed by atoms with Gasteiger partial charge in [0.1, 0.15) is 11.3 Å². The summed E-state index contributed by atoms with van der Waals surface area (Å²) in [5.74, 6) is -0.723. The number of nitrogens with zero attached hydrogens (tertiary/aromatic N) is 3. The van der Waals surface area contributed by atoms with Crippen LogP contribution in [0.2, 0.25) is 5.02 Å². The number of rotatable bonds is 4. The second-order valence-corrected chi connectivity index (χ2v) is 6.91. The normalized spacial score (nSPS) is 13.0. The van der Waals surface area contributed by atoms with Gasteiger partial charge in [0.05, 0.1) is 27.7 Å². The van der Waals surface area contributed by atoms with E-state index in [1.165, 1.54) is 0 Å². The minimum absolute atomic E-state index is 0.199. The Hall–Kier alpha value is -3.42. The number of hydrazine groups is 1. The molecule has 1 aromatic heterocycles. The smallest absolute Gasteiger partial charge is 0.313 e. The van der Waals surface area contributed by atoms with Gasteiger partial charge in [-0.25, -0.2) is 0 Å². The van der Waals surface area contributed by atoms with E-state index in [2.05, 4.69) is 4.98 Å².